The lowest BCUT2D eigenvalue weighted by Gasteiger charge is -2.21. The van der Waals surface area contributed by atoms with Crippen LogP contribution in [-0.4, -0.2) is 23.2 Å². The SMILES string of the molecule is O=C(NCc1cccc(Br)c1)[C@@]1(Cl)CCN(c2ccccc2)C1=O. The van der Waals surface area contributed by atoms with Crippen molar-refractivity contribution in [2.45, 2.75) is 17.8 Å². The van der Waals surface area contributed by atoms with Crippen LogP contribution in [-0.2, 0) is 16.1 Å². The number of halogens is 2. The summed E-state index contributed by atoms with van der Waals surface area (Å²) in [4.78, 5) is 25.2. The standard InChI is InChI=1S/C18H16BrClN2O2/c19-14-6-4-5-13(11-14)12-21-16(23)18(20)9-10-22(17(18)24)15-7-2-1-3-8-15/h1-8,11H,9-10,12H2,(H,21,23)/t18-/m0/s1. The number of rotatable bonds is 4. The molecular weight excluding hydrogens is 392 g/mol. The van der Waals surface area contributed by atoms with Crippen molar-refractivity contribution in [3.05, 3.63) is 64.6 Å². The molecule has 2 aromatic rings. The van der Waals surface area contributed by atoms with Crippen LogP contribution in [0.25, 0.3) is 0 Å². The molecule has 1 atom stereocenters. The minimum atomic E-state index is -1.54. The van der Waals surface area contributed by atoms with E-state index in [1.54, 1.807) is 4.90 Å². The molecule has 1 heterocycles. The molecule has 1 aliphatic rings. The van der Waals surface area contributed by atoms with E-state index >= 15 is 0 Å². The minimum Gasteiger partial charge on any atom is -0.350 e. The fourth-order valence-electron chi connectivity index (χ4n) is 2.72. The third-order valence-electron chi connectivity index (χ3n) is 4.03. The molecule has 1 N–H and O–H groups in total. The smallest absolute Gasteiger partial charge is 0.257 e. The number of hydrogen-bond acceptors (Lipinski definition) is 2. The first-order valence-electron chi connectivity index (χ1n) is 7.59. The molecule has 0 aromatic heterocycles. The maximum Gasteiger partial charge on any atom is 0.257 e. The van der Waals surface area contributed by atoms with Gasteiger partial charge in [0.2, 0.25) is 4.87 Å². The first-order valence-corrected chi connectivity index (χ1v) is 8.76. The van der Waals surface area contributed by atoms with Crippen molar-refractivity contribution >= 4 is 45.0 Å². The van der Waals surface area contributed by atoms with Crippen LogP contribution < -0.4 is 10.2 Å². The average molecular weight is 408 g/mol. The Bertz CT molecular complexity index is 769. The fraction of sp³-hybridized carbons (Fsp3) is 0.222. The Kier molecular flexibility index (Phi) is 4.92. The summed E-state index contributed by atoms with van der Waals surface area (Å²) in [6, 6.07) is 16.9. The van der Waals surface area contributed by atoms with Gasteiger partial charge >= 0.3 is 0 Å². The fourth-order valence-corrected chi connectivity index (χ4v) is 3.42. The average Bonchev–Trinajstić information content (AvgIpc) is 2.90. The van der Waals surface area contributed by atoms with Crippen LogP contribution in [0, 0.1) is 0 Å². The van der Waals surface area contributed by atoms with Gasteiger partial charge in [-0.1, -0.05) is 57.9 Å². The Labute approximate surface area is 153 Å². The second-order valence-corrected chi connectivity index (χ2v) is 7.22. The van der Waals surface area contributed by atoms with Crippen LogP contribution in [0.4, 0.5) is 5.69 Å². The van der Waals surface area contributed by atoms with Gasteiger partial charge in [0.05, 0.1) is 0 Å². The van der Waals surface area contributed by atoms with E-state index in [0.29, 0.717) is 13.1 Å². The predicted octanol–water partition coefficient (Wildman–Crippen LogP) is 3.48. The number of anilines is 1. The third kappa shape index (κ3) is 3.32. The van der Waals surface area contributed by atoms with Crippen LogP contribution >= 0.6 is 27.5 Å². The number of benzene rings is 2. The maximum absolute atomic E-state index is 12.7. The van der Waals surface area contributed by atoms with Crippen LogP contribution in [0.5, 0.6) is 0 Å². The molecule has 2 amide bonds. The highest BCUT2D eigenvalue weighted by Gasteiger charge is 2.51. The highest BCUT2D eigenvalue weighted by atomic mass is 79.9. The zero-order valence-corrected chi connectivity index (χ0v) is 15.2. The Balaban J connectivity index is 1.69. The summed E-state index contributed by atoms with van der Waals surface area (Å²) in [7, 11) is 0. The van der Waals surface area contributed by atoms with E-state index in [9.17, 15) is 9.59 Å². The van der Waals surface area contributed by atoms with Crippen molar-refractivity contribution in [3.63, 3.8) is 0 Å². The molecule has 24 heavy (non-hydrogen) atoms. The summed E-state index contributed by atoms with van der Waals surface area (Å²) in [5.74, 6) is -0.824. The Morgan fingerprint density at radius 1 is 1.21 bits per heavy atom. The second-order valence-electron chi connectivity index (χ2n) is 5.66. The molecule has 0 radical (unpaired) electrons. The Morgan fingerprint density at radius 2 is 1.96 bits per heavy atom. The first-order chi connectivity index (χ1) is 11.5. The second kappa shape index (κ2) is 6.95. The van der Waals surface area contributed by atoms with Crippen molar-refractivity contribution in [3.8, 4) is 0 Å². The van der Waals surface area contributed by atoms with Crippen molar-refractivity contribution in [1.29, 1.82) is 0 Å². The van der Waals surface area contributed by atoms with Crippen molar-refractivity contribution in [1.82, 2.24) is 5.32 Å². The first kappa shape index (κ1) is 17.0. The molecule has 0 bridgehead atoms. The normalized spacial score (nSPS) is 20.2. The van der Waals surface area contributed by atoms with E-state index in [1.807, 2.05) is 54.6 Å². The molecule has 0 spiro atoms. The molecule has 2 aromatic carbocycles. The molecule has 124 valence electrons. The van der Waals surface area contributed by atoms with E-state index in [1.165, 1.54) is 0 Å². The van der Waals surface area contributed by atoms with Crippen LogP contribution in [0.3, 0.4) is 0 Å². The molecule has 4 nitrogen and oxygen atoms in total. The number of nitrogens with zero attached hydrogens (tertiary/aromatic N) is 1. The van der Waals surface area contributed by atoms with Crippen LogP contribution in [0.15, 0.2) is 59.1 Å². The van der Waals surface area contributed by atoms with Gasteiger partial charge in [0.25, 0.3) is 11.8 Å². The number of amides is 2. The van der Waals surface area contributed by atoms with E-state index in [4.69, 9.17) is 11.6 Å². The number of carbonyl (C=O) groups is 2. The lowest BCUT2D eigenvalue weighted by atomic mass is 10.1. The highest BCUT2D eigenvalue weighted by molar-refractivity contribution is 9.10. The lowest BCUT2D eigenvalue weighted by molar-refractivity contribution is -0.130. The third-order valence-corrected chi connectivity index (χ3v) is 5.05. The number of alkyl halides is 1. The van der Waals surface area contributed by atoms with E-state index in [2.05, 4.69) is 21.2 Å². The van der Waals surface area contributed by atoms with Gasteiger partial charge in [-0.3, -0.25) is 9.59 Å². The summed E-state index contributed by atoms with van der Waals surface area (Å²) < 4.78 is 0.932. The van der Waals surface area contributed by atoms with Gasteiger partial charge in [-0.25, -0.2) is 0 Å². The Morgan fingerprint density at radius 3 is 2.67 bits per heavy atom. The molecule has 0 unspecified atom stereocenters. The largest absolute Gasteiger partial charge is 0.350 e. The Hall–Kier alpha value is -1.85. The topological polar surface area (TPSA) is 49.4 Å². The number of para-hydroxylation sites is 1. The van der Waals surface area contributed by atoms with Crippen LogP contribution in [0.1, 0.15) is 12.0 Å². The van der Waals surface area contributed by atoms with Gasteiger partial charge in [-0.05, 0) is 29.8 Å². The summed E-state index contributed by atoms with van der Waals surface area (Å²) in [6.07, 6.45) is 0.284. The summed E-state index contributed by atoms with van der Waals surface area (Å²) in [6.45, 7) is 0.752. The zero-order valence-electron chi connectivity index (χ0n) is 12.8. The monoisotopic (exact) mass is 406 g/mol. The molecule has 6 heteroatoms. The van der Waals surface area contributed by atoms with Gasteiger partial charge in [0.15, 0.2) is 0 Å². The summed E-state index contributed by atoms with van der Waals surface area (Å²) in [5, 5.41) is 2.77. The molecule has 0 aliphatic carbocycles. The van der Waals surface area contributed by atoms with E-state index in [-0.39, 0.29) is 12.3 Å². The molecule has 0 saturated carbocycles. The molecular formula is C18H16BrClN2O2. The summed E-state index contributed by atoms with van der Waals surface area (Å²) >= 11 is 9.79. The van der Waals surface area contributed by atoms with E-state index < -0.39 is 10.8 Å². The molecule has 1 saturated heterocycles. The maximum atomic E-state index is 12.7. The minimum absolute atomic E-state index is 0.284. The zero-order chi connectivity index (χ0) is 17.2. The molecule has 3 rings (SSSR count). The van der Waals surface area contributed by atoms with Gasteiger partial charge in [0.1, 0.15) is 0 Å². The molecule has 1 aliphatic heterocycles. The molecule has 1 fully saturated rings. The summed E-state index contributed by atoms with van der Waals surface area (Å²) in [5.41, 5.74) is 1.69. The lowest BCUT2D eigenvalue weighted by Crippen LogP contribution is -2.48. The predicted molar refractivity (Wildman–Crippen MR) is 98.0 cm³/mol. The number of nitrogens with one attached hydrogen (secondary N) is 1. The van der Waals surface area contributed by atoms with Gasteiger partial charge in [-0.15, -0.1) is 0 Å². The van der Waals surface area contributed by atoms with Crippen molar-refractivity contribution in [2.75, 3.05) is 11.4 Å². The quantitative estimate of drug-likeness (QED) is 0.623. The van der Waals surface area contributed by atoms with Gasteiger partial charge in [0, 0.05) is 29.7 Å². The number of carbonyl (C=O) groups excluding carboxylic acids is 2. The highest BCUT2D eigenvalue weighted by Crippen LogP contribution is 2.33. The van der Waals surface area contributed by atoms with Crippen molar-refractivity contribution in [2.24, 2.45) is 0 Å². The van der Waals surface area contributed by atoms with Gasteiger partial charge < -0.3 is 10.2 Å². The van der Waals surface area contributed by atoms with Crippen molar-refractivity contribution < 1.29 is 9.59 Å². The van der Waals surface area contributed by atoms with Crippen LogP contribution in [0.2, 0.25) is 0 Å². The van der Waals surface area contributed by atoms with E-state index in [0.717, 1.165) is 15.7 Å². The number of hydrogen-bond donors (Lipinski definition) is 1. The van der Waals surface area contributed by atoms with Gasteiger partial charge in [-0.2, -0.15) is 0 Å².